The average Bonchev–Trinajstić information content (AvgIpc) is 2.00. The van der Waals surface area contributed by atoms with Gasteiger partial charge in [0.25, 0.3) is 5.56 Å². The van der Waals surface area contributed by atoms with Crippen molar-refractivity contribution in [3.05, 3.63) is 28.7 Å². The van der Waals surface area contributed by atoms with Gasteiger partial charge < -0.3 is 15.5 Å². The maximum absolute atomic E-state index is 11.1. The largest absolute Gasteiger partial charge is 0.471 e. The predicted molar refractivity (Wildman–Crippen MR) is 48.2 cm³/mol. The highest BCUT2D eigenvalue weighted by atomic mass is 31.2. The van der Waals surface area contributed by atoms with Crippen LogP contribution in [-0.2, 0) is 15.8 Å². The number of nitrogen functional groups attached to an aromatic ring is 1. The summed E-state index contributed by atoms with van der Waals surface area (Å²) in [6.07, 6.45) is 1.29. The maximum Gasteiger partial charge on any atom is 0.471 e. The summed E-state index contributed by atoms with van der Waals surface area (Å²) >= 11 is 0. The third-order valence-corrected chi connectivity index (χ3v) is 1.84. The average molecular weight is 220 g/mol. The van der Waals surface area contributed by atoms with E-state index in [1.165, 1.54) is 12.3 Å². The molecule has 4 N–H and O–H groups in total. The zero-order chi connectivity index (χ0) is 10.8. The van der Waals surface area contributed by atoms with Crippen LogP contribution in [0.3, 0.4) is 0 Å². The Hall–Kier alpha value is -1.14. The Labute approximate surface area is 79.0 Å². The zero-order valence-corrected chi connectivity index (χ0v) is 7.92. The molecule has 0 aliphatic rings. The molecule has 0 saturated heterocycles. The molecule has 14 heavy (non-hydrogen) atoms. The molecule has 0 unspecified atom stereocenters. The number of pyridine rings is 1. The minimum Gasteiger partial charge on any atom is -0.399 e. The molecule has 0 radical (unpaired) electrons. The van der Waals surface area contributed by atoms with Crippen LogP contribution >= 0.6 is 7.82 Å². The minimum atomic E-state index is -4.55. The molecular formula is C6H9N2O5P. The van der Waals surface area contributed by atoms with Crippen LogP contribution in [0.25, 0.3) is 0 Å². The van der Waals surface area contributed by atoms with Crippen LogP contribution in [0.4, 0.5) is 5.69 Å². The van der Waals surface area contributed by atoms with E-state index in [9.17, 15) is 9.36 Å². The fourth-order valence-corrected chi connectivity index (χ4v) is 1.04. The summed E-state index contributed by atoms with van der Waals surface area (Å²) in [6, 6.07) is 2.55. The molecule has 0 aliphatic carbocycles. The number of anilines is 1. The van der Waals surface area contributed by atoms with Crippen molar-refractivity contribution in [3.8, 4) is 0 Å². The maximum atomic E-state index is 11.1. The number of hydrogen-bond donors (Lipinski definition) is 3. The van der Waals surface area contributed by atoms with Gasteiger partial charge in [0.2, 0.25) is 0 Å². The Morgan fingerprint density at radius 3 is 2.71 bits per heavy atom. The molecule has 1 rings (SSSR count). The van der Waals surface area contributed by atoms with Gasteiger partial charge in [-0.15, -0.1) is 0 Å². The topological polar surface area (TPSA) is 115 Å². The van der Waals surface area contributed by atoms with E-state index in [-0.39, 0.29) is 5.69 Å². The molecular weight excluding hydrogens is 211 g/mol. The van der Waals surface area contributed by atoms with Crippen LogP contribution in [0.5, 0.6) is 0 Å². The second-order valence-corrected chi connectivity index (χ2v) is 3.76. The lowest BCUT2D eigenvalue weighted by molar-refractivity contribution is 0.151. The van der Waals surface area contributed by atoms with Gasteiger partial charge in [0, 0.05) is 18.0 Å². The number of rotatable bonds is 3. The Morgan fingerprint density at radius 1 is 1.57 bits per heavy atom. The Balaban J connectivity index is 2.79. The molecule has 0 saturated carbocycles. The molecule has 0 aliphatic heterocycles. The van der Waals surface area contributed by atoms with Crippen molar-refractivity contribution in [3.63, 3.8) is 0 Å². The normalized spacial score (nSPS) is 11.6. The number of aromatic nitrogens is 1. The second-order valence-electron chi connectivity index (χ2n) is 2.52. The molecule has 1 heterocycles. The zero-order valence-electron chi connectivity index (χ0n) is 7.03. The van der Waals surface area contributed by atoms with Gasteiger partial charge in [-0.25, -0.2) is 4.57 Å². The number of nitrogens with two attached hydrogens (primary N) is 1. The van der Waals surface area contributed by atoms with Crippen molar-refractivity contribution in [1.82, 2.24) is 4.57 Å². The standard InChI is InChI=1S/C6H9N2O5P/c7-5-1-2-8(6(9)3-5)4-13-14(10,11)12/h1-3H,4,7H2,(H2,10,11,12). The summed E-state index contributed by atoms with van der Waals surface area (Å²) in [7, 11) is -4.55. The molecule has 1 aromatic heterocycles. The molecule has 78 valence electrons. The van der Waals surface area contributed by atoms with Crippen molar-refractivity contribution in [1.29, 1.82) is 0 Å². The van der Waals surface area contributed by atoms with E-state index >= 15 is 0 Å². The SMILES string of the molecule is Nc1ccn(COP(=O)(O)O)c(=O)c1. The molecule has 7 nitrogen and oxygen atoms in total. The van der Waals surface area contributed by atoms with Crippen LogP contribution in [0.1, 0.15) is 0 Å². The van der Waals surface area contributed by atoms with Gasteiger partial charge in [-0.2, -0.15) is 0 Å². The lowest BCUT2D eigenvalue weighted by Crippen LogP contribution is -2.19. The highest BCUT2D eigenvalue weighted by Crippen LogP contribution is 2.35. The molecule has 1 aromatic rings. The summed E-state index contributed by atoms with van der Waals surface area (Å²) in [5.74, 6) is 0. The van der Waals surface area contributed by atoms with E-state index in [4.69, 9.17) is 15.5 Å². The highest BCUT2D eigenvalue weighted by Gasteiger charge is 2.13. The fourth-order valence-electron chi connectivity index (χ4n) is 0.767. The number of hydrogen-bond acceptors (Lipinski definition) is 4. The number of nitrogens with zero attached hydrogens (tertiary/aromatic N) is 1. The smallest absolute Gasteiger partial charge is 0.399 e. The summed E-state index contributed by atoms with van der Waals surface area (Å²) in [5.41, 5.74) is 5.09. The van der Waals surface area contributed by atoms with E-state index in [1.54, 1.807) is 0 Å². The summed E-state index contributed by atoms with van der Waals surface area (Å²) in [6.45, 7) is -0.511. The van der Waals surface area contributed by atoms with Gasteiger partial charge in [0.05, 0.1) is 0 Å². The van der Waals surface area contributed by atoms with Gasteiger partial charge >= 0.3 is 7.82 Å². The van der Waals surface area contributed by atoms with Crippen molar-refractivity contribution >= 4 is 13.5 Å². The van der Waals surface area contributed by atoms with Gasteiger partial charge in [0.15, 0.2) is 0 Å². The Kier molecular flexibility index (Phi) is 3.07. The molecule has 0 amide bonds. The van der Waals surface area contributed by atoms with Gasteiger partial charge in [0.1, 0.15) is 6.73 Å². The Bertz CT molecular complexity index is 422. The van der Waals surface area contributed by atoms with Crippen LogP contribution < -0.4 is 11.3 Å². The van der Waals surface area contributed by atoms with Crippen molar-refractivity contribution in [2.75, 3.05) is 5.73 Å². The van der Waals surface area contributed by atoms with E-state index in [0.717, 1.165) is 10.6 Å². The summed E-state index contributed by atoms with van der Waals surface area (Å²) in [5, 5.41) is 0. The Morgan fingerprint density at radius 2 is 2.21 bits per heavy atom. The lowest BCUT2D eigenvalue weighted by Gasteiger charge is -2.07. The first-order valence-corrected chi connectivity index (χ1v) is 5.07. The third kappa shape index (κ3) is 3.31. The van der Waals surface area contributed by atoms with E-state index < -0.39 is 20.1 Å². The lowest BCUT2D eigenvalue weighted by atomic mass is 10.4. The number of phosphoric acid groups is 1. The molecule has 8 heteroatoms. The predicted octanol–water partition coefficient (Wildman–Crippen LogP) is -0.503. The van der Waals surface area contributed by atoms with Crippen LogP contribution in [0, 0.1) is 0 Å². The number of phosphoric ester groups is 1. The van der Waals surface area contributed by atoms with Gasteiger partial charge in [-0.05, 0) is 6.07 Å². The second kappa shape index (κ2) is 3.93. The quantitative estimate of drug-likeness (QED) is 0.591. The van der Waals surface area contributed by atoms with Crippen molar-refractivity contribution in [2.24, 2.45) is 0 Å². The molecule has 0 bridgehead atoms. The van der Waals surface area contributed by atoms with Crippen LogP contribution in [0.15, 0.2) is 23.1 Å². The monoisotopic (exact) mass is 220 g/mol. The fraction of sp³-hybridized carbons (Fsp3) is 0.167. The minimum absolute atomic E-state index is 0.280. The van der Waals surface area contributed by atoms with Gasteiger partial charge in [-0.3, -0.25) is 13.9 Å². The van der Waals surface area contributed by atoms with Gasteiger partial charge in [-0.1, -0.05) is 0 Å². The summed E-state index contributed by atoms with van der Waals surface area (Å²) < 4.78 is 15.4. The van der Waals surface area contributed by atoms with Crippen LogP contribution in [-0.4, -0.2) is 14.4 Å². The van der Waals surface area contributed by atoms with Crippen LogP contribution in [0.2, 0.25) is 0 Å². The van der Waals surface area contributed by atoms with Crippen molar-refractivity contribution in [2.45, 2.75) is 6.73 Å². The first-order chi connectivity index (χ1) is 6.38. The molecule has 0 atom stereocenters. The molecule has 0 aromatic carbocycles. The van der Waals surface area contributed by atoms with E-state index in [2.05, 4.69) is 4.52 Å². The highest BCUT2D eigenvalue weighted by molar-refractivity contribution is 7.46. The first kappa shape index (κ1) is 10.9. The molecule has 0 fully saturated rings. The third-order valence-electron chi connectivity index (χ3n) is 1.39. The van der Waals surface area contributed by atoms with E-state index in [0.29, 0.717) is 0 Å². The molecule has 0 spiro atoms. The first-order valence-electron chi connectivity index (χ1n) is 3.54. The van der Waals surface area contributed by atoms with Crippen molar-refractivity contribution < 1.29 is 18.9 Å². The summed E-state index contributed by atoms with van der Waals surface area (Å²) in [4.78, 5) is 27.9. The van der Waals surface area contributed by atoms with E-state index in [1.807, 2.05) is 0 Å².